The number of benzene rings is 2. The van der Waals surface area contributed by atoms with Crippen molar-refractivity contribution in [2.24, 2.45) is 0 Å². The van der Waals surface area contributed by atoms with Gasteiger partial charge in [0.05, 0.1) is 26.7 Å². The molecule has 5 nitrogen and oxygen atoms in total. The molecular weight excluding hydrogens is 284 g/mol. The average molecular weight is 302 g/mol. The first kappa shape index (κ1) is 15.9. The summed E-state index contributed by atoms with van der Waals surface area (Å²) >= 11 is 0. The molecule has 2 rings (SSSR count). The Morgan fingerprint density at radius 3 is 2.41 bits per heavy atom. The number of carbonyl (C=O) groups is 1. The minimum absolute atomic E-state index is 0.0445. The van der Waals surface area contributed by atoms with E-state index < -0.39 is 5.92 Å². The Hall–Kier alpha value is -2.53. The van der Waals surface area contributed by atoms with E-state index in [-0.39, 0.29) is 23.9 Å². The van der Waals surface area contributed by atoms with E-state index >= 15 is 0 Å². The Bertz CT molecular complexity index is 666. The summed E-state index contributed by atoms with van der Waals surface area (Å²) in [6, 6.07) is 11.4. The molecule has 0 bridgehead atoms. The SMILES string of the molecule is COc1cc(C(=O)C(CO)c2ccccc2OC)ccc1O. The molecule has 0 saturated heterocycles. The number of rotatable bonds is 6. The van der Waals surface area contributed by atoms with Crippen LogP contribution < -0.4 is 9.47 Å². The summed E-state index contributed by atoms with van der Waals surface area (Å²) in [4.78, 5) is 12.7. The number of hydrogen-bond acceptors (Lipinski definition) is 5. The summed E-state index contributed by atoms with van der Waals surface area (Å²) in [5, 5.41) is 19.3. The van der Waals surface area contributed by atoms with Gasteiger partial charge < -0.3 is 19.7 Å². The molecule has 0 saturated carbocycles. The number of para-hydroxylation sites is 1. The van der Waals surface area contributed by atoms with Gasteiger partial charge in [-0.1, -0.05) is 18.2 Å². The number of hydrogen-bond donors (Lipinski definition) is 2. The van der Waals surface area contributed by atoms with E-state index in [0.29, 0.717) is 16.9 Å². The van der Waals surface area contributed by atoms with Crippen LogP contribution in [-0.4, -0.2) is 36.8 Å². The molecule has 22 heavy (non-hydrogen) atoms. The first-order valence-electron chi connectivity index (χ1n) is 6.77. The lowest BCUT2D eigenvalue weighted by Crippen LogP contribution is -2.17. The van der Waals surface area contributed by atoms with E-state index in [9.17, 15) is 15.0 Å². The summed E-state index contributed by atoms with van der Waals surface area (Å²) in [7, 11) is 2.92. The van der Waals surface area contributed by atoms with Crippen molar-refractivity contribution < 1.29 is 24.5 Å². The fourth-order valence-electron chi connectivity index (χ4n) is 2.31. The number of aliphatic hydroxyl groups is 1. The van der Waals surface area contributed by atoms with Crippen LogP contribution in [0.25, 0.3) is 0 Å². The predicted molar refractivity (Wildman–Crippen MR) is 81.8 cm³/mol. The molecule has 116 valence electrons. The second-order valence-corrected chi connectivity index (χ2v) is 4.73. The number of phenols is 1. The zero-order valence-electron chi connectivity index (χ0n) is 12.4. The first-order valence-corrected chi connectivity index (χ1v) is 6.77. The molecule has 0 aliphatic carbocycles. The molecule has 5 heteroatoms. The molecule has 1 unspecified atom stereocenters. The van der Waals surface area contributed by atoms with Crippen molar-refractivity contribution in [1.82, 2.24) is 0 Å². The number of ketones is 1. The van der Waals surface area contributed by atoms with Gasteiger partial charge >= 0.3 is 0 Å². The van der Waals surface area contributed by atoms with Crippen LogP contribution in [0.5, 0.6) is 17.2 Å². The highest BCUT2D eigenvalue weighted by molar-refractivity contribution is 6.02. The van der Waals surface area contributed by atoms with E-state index in [1.54, 1.807) is 24.3 Å². The van der Waals surface area contributed by atoms with Gasteiger partial charge in [-0.3, -0.25) is 4.79 Å². The average Bonchev–Trinajstić information content (AvgIpc) is 2.56. The Morgan fingerprint density at radius 2 is 1.77 bits per heavy atom. The van der Waals surface area contributed by atoms with Crippen molar-refractivity contribution in [3.63, 3.8) is 0 Å². The maximum atomic E-state index is 12.7. The fraction of sp³-hybridized carbons (Fsp3) is 0.235. The summed E-state index contributed by atoms with van der Waals surface area (Å²) in [5.41, 5.74) is 0.962. The molecule has 1 atom stereocenters. The highest BCUT2D eigenvalue weighted by Crippen LogP contribution is 2.32. The van der Waals surface area contributed by atoms with E-state index in [1.807, 2.05) is 0 Å². The highest BCUT2D eigenvalue weighted by Gasteiger charge is 2.25. The Balaban J connectivity index is 2.41. The van der Waals surface area contributed by atoms with Crippen molar-refractivity contribution in [3.8, 4) is 17.2 Å². The Kier molecular flexibility index (Phi) is 5.01. The zero-order valence-corrected chi connectivity index (χ0v) is 12.4. The molecule has 0 aliphatic rings. The number of phenolic OH excluding ortho intramolecular Hbond substituents is 1. The zero-order chi connectivity index (χ0) is 16.1. The van der Waals surface area contributed by atoms with Crippen LogP contribution in [0.4, 0.5) is 0 Å². The normalized spacial score (nSPS) is 11.8. The molecule has 2 N–H and O–H groups in total. The van der Waals surface area contributed by atoms with Gasteiger partial charge in [0.2, 0.25) is 0 Å². The van der Waals surface area contributed by atoms with Gasteiger partial charge in [-0.25, -0.2) is 0 Å². The van der Waals surface area contributed by atoms with Crippen molar-refractivity contribution in [2.75, 3.05) is 20.8 Å². The standard InChI is InChI=1S/C17H18O5/c1-21-15-6-4-3-5-12(15)13(10-18)17(20)11-7-8-14(19)16(9-11)22-2/h3-9,13,18-19H,10H2,1-2H3. The van der Waals surface area contributed by atoms with E-state index in [4.69, 9.17) is 9.47 Å². The quantitative estimate of drug-likeness (QED) is 0.801. The van der Waals surface area contributed by atoms with Crippen LogP contribution in [0.3, 0.4) is 0 Å². The molecule has 0 heterocycles. The molecule has 0 aliphatic heterocycles. The van der Waals surface area contributed by atoms with Crippen LogP contribution in [0.15, 0.2) is 42.5 Å². The van der Waals surface area contributed by atoms with Crippen molar-refractivity contribution in [2.45, 2.75) is 5.92 Å². The van der Waals surface area contributed by atoms with E-state index in [0.717, 1.165) is 0 Å². The smallest absolute Gasteiger partial charge is 0.172 e. The molecule has 0 fully saturated rings. The van der Waals surface area contributed by atoms with Crippen LogP contribution in [0.2, 0.25) is 0 Å². The maximum Gasteiger partial charge on any atom is 0.172 e. The molecule has 0 spiro atoms. The van der Waals surface area contributed by atoms with Crippen LogP contribution >= 0.6 is 0 Å². The third-order valence-electron chi connectivity index (χ3n) is 3.48. The molecule has 0 radical (unpaired) electrons. The maximum absolute atomic E-state index is 12.7. The summed E-state index contributed by atoms with van der Waals surface area (Å²) in [6.07, 6.45) is 0. The molecule has 2 aromatic rings. The highest BCUT2D eigenvalue weighted by atomic mass is 16.5. The van der Waals surface area contributed by atoms with Crippen molar-refractivity contribution in [1.29, 1.82) is 0 Å². The summed E-state index contributed by atoms with van der Waals surface area (Å²) in [5.74, 6) is -0.309. The number of Topliss-reactive ketones (excluding diaryl/α,β-unsaturated/α-hetero) is 1. The molecule has 0 amide bonds. The topological polar surface area (TPSA) is 76.0 Å². The summed E-state index contributed by atoms with van der Waals surface area (Å²) < 4.78 is 10.3. The lowest BCUT2D eigenvalue weighted by atomic mass is 9.90. The Labute approximate surface area is 128 Å². The van der Waals surface area contributed by atoms with Crippen molar-refractivity contribution in [3.05, 3.63) is 53.6 Å². The van der Waals surface area contributed by atoms with Gasteiger partial charge in [-0.2, -0.15) is 0 Å². The molecular formula is C17H18O5. The second kappa shape index (κ2) is 6.95. The number of carbonyl (C=O) groups excluding carboxylic acids is 1. The number of ether oxygens (including phenoxy) is 2. The van der Waals surface area contributed by atoms with Gasteiger partial charge in [-0.05, 0) is 24.3 Å². The first-order chi connectivity index (χ1) is 10.6. The fourth-order valence-corrected chi connectivity index (χ4v) is 2.31. The molecule has 2 aromatic carbocycles. The Morgan fingerprint density at radius 1 is 1.09 bits per heavy atom. The van der Waals surface area contributed by atoms with Gasteiger partial charge in [0, 0.05) is 11.1 Å². The van der Waals surface area contributed by atoms with Gasteiger partial charge in [0.15, 0.2) is 17.3 Å². The minimum atomic E-state index is -0.745. The molecule has 0 aromatic heterocycles. The minimum Gasteiger partial charge on any atom is -0.504 e. The van der Waals surface area contributed by atoms with E-state index in [1.165, 1.54) is 32.4 Å². The monoisotopic (exact) mass is 302 g/mol. The van der Waals surface area contributed by atoms with Crippen molar-refractivity contribution >= 4 is 5.78 Å². The summed E-state index contributed by atoms with van der Waals surface area (Å²) in [6.45, 7) is -0.345. The third-order valence-corrected chi connectivity index (χ3v) is 3.48. The number of aromatic hydroxyl groups is 1. The van der Waals surface area contributed by atoms with Gasteiger partial charge in [0.1, 0.15) is 5.75 Å². The lowest BCUT2D eigenvalue weighted by molar-refractivity contribution is 0.0920. The second-order valence-electron chi connectivity index (χ2n) is 4.73. The van der Waals surface area contributed by atoms with E-state index in [2.05, 4.69) is 0 Å². The number of aliphatic hydroxyl groups excluding tert-OH is 1. The van der Waals surface area contributed by atoms with Crippen LogP contribution in [0.1, 0.15) is 21.8 Å². The largest absolute Gasteiger partial charge is 0.504 e. The lowest BCUT2D eigenvalue weighted by Gasteiger charge is -2.17. The van der Waals surface area contributed by atoms with Crippen LogP contribution in [0, 0.1) is 0 Å². The van der Waals surface area contributed by atoms with Gasteiger partial charge in [0.25, 0.3) is 0 Å². The predicted octanol–water partition coefficient (Wildman–Crippen LogP) is 2.37. The third kappa shape index (κ3) is 3.04. The number of methoxy groups -OCH3 is 2. The van der Waals surface area contributed by atoms with Crippen LogP contribution in [-0.2, 0) is 0 Å². The van der Waals surface area contributed by atoms with Gasteiger partial charge in [-0.15, -0.1) is 0 Å².